The van der Waals surface area contributed by atoms with E-state index in [1.165, 1.54) is 6.07 Å². The van der Waals surface area contributed by atoms with Crippen LogP contribution < -0.4 is 9.47 Å². The molecule has 0 atom stereocenters. The first kappa shape index (κ1) is 10.5. The zero-order valence-corrected chi connectivity index (χ0v) is 8.81. The van der Waals surface area contributed by atoms with Gasteiger partial charge in [0, 0.05) is 6.07 Å². The summed E-state index contributed by atoms with van der Waals surface area (Å²) in [6.45, 7) is 0. The Morgan fingerprint density at radius 3 is 2.44 bits per heavy atom. The number of para-hydroxylation sites is 1. The Labute approximate surface area is 93.2 Å². The average molecular weight is 218 g/mol. The Balaban J connectivity index is 2.24. The van der Waals surface area contributed by atoms with Gasteiger partial charge >= 0.3 is 0 Å². The lowest BCUT2D eigenvalue weighted by atomic mass is 10.3. The Hall–Kier alpha value is -2.03. The van der Waals surface area contributed by atoms with Gasteiger partial charge in [-0.3, -0.25) is 0 Å². The van der Waals surface area contributed by atoms with E-state index in [1.54, 1.807) is 49.6 Å². The van der Waals surface area contributed by atoms with E-state index in [9.17, 15) is 4.39 Å². The molecule has 2 aromatic rings. The molecule has 0 amide bonds. The van der Waals surface area contributed by atoms with Gasteiger partial charge < -0.3 is 9.47 Å². The largest absolute Gasteiger partial charge is 0.497 e. The molecule has 0 bridgehead atoms. The fraction of sp³-hybridized carbons (Fsp3) is 0.0769. The normalized spacial score (nSPS) is 9.88. The van der Waals surface area contributed by atoms with Gasteiger partial charge in [-0.25, -0.2) is 4.39 Å². The Kier molecular flexibility index (Phi) is 3.05. The van der Waals surface area contributed by atoms with Crippen LogP contribution in [0.25, 0.3) is 0 Å². The maximum atomic E-state index is 13.3. The number of benzene rings is 2. The molecule has 0 saturated carbocycles. The highest BCUT2D eigenvalue weighted by Gasteiger charge is 2.03. The van der Waals surface area contributed by atoms with Crippen molar-refractivity contribution in [2.24, 2.45) is 0 Å². The third kappa shape index (κ3) is 2.31. The van der Waals surface area contributed by atoms with Gasteiger partial charge in [0.15, 0.2) is 11.6 Å². The summed E-state index contributed by atoms with van der Waals surface area (Å²) < 4.78 is 23.7. The van der Waals surface area contributed by atoms with Crippen molar-refractivity contribution in [3.8, 4) is 17.2 Å². The zero-order chi connectivity index (χ0) is 11.4. The van der Waals surface area contributed by atoms with Gasteiger partial charge in [0.25, 0.3) is 0 Å². The molecule has 2 aromatic carbocycles. The summed E-state index contributed by atoms with van der Waals surface area (Å²) in [6.07, 6.45) is 0. The highest BCUT2D eigenvalue weighted by atomic mass is 19.1. The van der Waals surface area contributed by atoms with Crippen LogP contribution in [0.5, 0.6) is 17.2 Å². The molecule has 0 aliphatic carbocycles. The highest BCUT2D eigenvalue weighted by Crippen LogP contribution is 2.26. The molecule has 0 aliphatic rings. The van der Waals surface area contributed by atoms with Gasteiger partial charge in [-0.05, 0) is 24.3 Å². The molecular formula is C13H11FO2. The molecule has 82 valence electrons. The summed E-state index contributed by atoms with van der Waals surface area (Å²) in [5.41, 5.74) is 0. The summed E-state index contributed by atoms with van der Waals surface area (Å²) in [4.78, 5) is 0. The maximum absolute atomic E-state index is 13.3. The van der Waals surface area contributed by atoms with E-state index in [0.717, 1.165) is 0 Å². The molecule has 0 radical (unpaired) electrons. The topological polar surface area (TPSA) is 18.5 Å². The minimum absolute atomic E-state index is 0.204. The Morgan fingerprint density at radius 2 is 1.69 bits per heavy atom. The van der Waals surface area contributed by atoms with E-state index in [0.29, 0.717) is 11.5 Å². The first-order valence-corrected chi connectivity index (χ1v) is 4.86. The van der Waals surface area contributed by atoms with Crippen molar-refractivity contribution in [3.63, 3.8) is 0 Å². The number of methoxy groups -OCH3 is 1. The molecule has 2 nitrogen and oxygen atoms in total. The van der Waals surface area contributed by atoms with Crippen molar-refractivity contribution < 1.29 is 13.9 Å². The minimum atomic E-state index is -0.384. The maximum Gasteiger partial charge on any atom is 0.165 e. The number of ether oxygens (including phenoxy) is 2. The first-order chi connectivity index (χ1) is 7.79. The van der Waals surface area contributed by atoms with Crippen LogP contribution in [0.15, 0.2) is 48.5 Å². The van der Waals surface area contributed by atoms with Crippen LogP contribution >= 0.6 is 0 Å². The monoisotopic (exact) mass is 218 g/mol. The summed E-state index contributed by atoms with van der Waals surface area (Å²) in [7, 11) is 1.57. The highest BCUT2D eigenvalue weighted by molar-refractivity contribution is 5.37. The number of hydrogen-bond donors (Lipinski definition) is 0. The van der Waals surface area contributed by atoms with Gasteiger partial charge in [0.05, 0.1) is 7.11 Å². The van der Waals surface area contributed by atoms with Gasteiger partial charge in [-0.1, -0.05) is 18.2 Å². The van der Waals surface area contributed by atoms with Crippen LogP contribution in [-0.4, -0.2) is 7.11 Å². The predicted octanol–water partition coefficient (Wildman–Crippen LogP) is 3.63. The summed E-state index contributed by atoms with van der Waals surface area (Å²) in [6, 6.07) is 13.3. The second-order valence-electron chi connectivity index (χ2n) is 3.21. The minimum Gasteiger partial charge on any atom is -0.497 e. The lowest BCUT2D eigenvalue weighted by Gasteiger charge is -2.07. The Bertz CT molecular complexity index is 483. The Morgan fingerprint density at radius 1 is 0.938 bits per heavy atom. The van der Waals surface area contributed by atoms with Crippen molar-refractivity contribution in [1.82, 2.24) is 0 Å². The molecule has 0 aromatic heterocycles. The van der Waals surface area contributed by atoms with E-state index in [2.05, 4.69) is 0 Å². The zero-order valence-electron chi connectivity index (χ0n) is 8.81. The molecule has 0 heterocycles. The van der Waals surface area contributed by atoms with Crippen molar-refractivity contribution in [2.45, 2.75) is 0 Å². The molecule has 0 fully saturated rings. The fourth-order valence-corrected chi connectivity index (χ4v) is 1.32. The quantitative estimate of drug-likeness (QED) is 0.783. The van der Waals surface area contributed by atoms with E-state index in [1.807, 2.05) is 0 Å². The number of halogens is 1. The van der Waals surface area contributed by atoms with Crippen molar-refractivity contribution in [2.75, 3.05) is 7.11 Å². The van der Waals surface area contributed by atoms with E-state index < -0.39 is 0 Å². The predicted molar refractivity (Wildman–Crippen MR) is 59.5 cm³/mol. The third-order valence-electron chi connectivity index (χ3n) is 2.11. The van der Waals surface area contributed by atoms with Gasteiger partial charge in [0.1, 0.15) is 11.5 Å². The molecule has 0 N–H and O–H groups in total. The van der Waals surface area contributed by atoms with E-state index >= 15 is 0 Å². The fourth-order valence-electron chi connectivity index (χ4n) is 1.32. The van der Waals surface area contributed by atoms with Crippen molar-refractivity contribution in [3.05, 3.63) is 54.3 Å². The number of rotatable bonds is 3. The van der Waals surface area contributed by atoms with Crippen LogP contribution in [0.1, 0.15) is 0 Å². The van der Waals surface area contributed by atoms with Crippen LogP contribution in [0, 0.1) is 5.82 Å². The summed E-state index contributed by atoms with van der Waals surface area (Å²) in [5, 5.41) is 0. The lowest BCUT2D eigenvalue weighted by Crippen LogP contribution is -1.88. The standard InChI is InChI=1S/C13H11FO2/c1-15-10-5-4-6-11(9-10)16-13-8-3-2-7-12(13)14/h2-9H,1H3. The van der Waals surface area contributed by atoms with Gasteiger partial charge in [-0.2, -0.15) is 0 Å². The van der Waals surface area contributed by atoms with Crippen LogP contribution in [0.2, 0.25) is 0 Å². The lowest BCUT2D eigenvalue weighted by molar-refractivity contribution is 0.405. The third-order valence-corrected chi connectivity index (χ3v) is 2.11. The SMILES string of the molecule is COc1cccc(Oc2ccccc2F)c1. The number of hydrogen-bond acceptors (Lipinski definition) is 2. The molecule has 3 heteroatoms. The molecular weight excluding hydrogens is 207 g/mol. The molecule has 16 heavy (non-hydrogen) atoms. The molecule has 2 rings (SSSR count). The van der Waals surface area contributed by atoms with E-state index in [-0.39, 0.29) is 11.6 Å². The second-order valence-corrected chi connectivity index (χ2v) is 3.21. The van der Waals surface area contributed by atoms with Crippen LogP contribution in [-0.2, 0) is 0 Å². The van der Waals surface area contributed by atoms with E-state index in [4.69, 9.17) is 9.47 Å². The first-order valence-electron chi connectivity index (χ1n) is 4.86. The van der Waals surface area contributed by atoms with Gasteiger partial charge in [-0.15, -0.1) is 0 Å². The average Bonchev–Trinajstić information content (AvgIpc) is 2.32. The molecule has 0 aliphatic heterocycles. The molecule has 0 spiro atoms. The summed E-state index contributed by atoms with van der Waals surface area (Å²) >= 11 is 0. The smallest absolute Gasteiger partial charge is 0.165 e. The van der Waals surface area contributed by atoms with Gasteiger partial charge in [0.2, 0.25) is 0 Å². The molecule has 0 saturated heterocycles. The second kappa shape index (κ2) is 4.66. The van der Waals surface area contributed by atoms with Crippen LogP contribution in [0.4, 0.5) is 4.39 Å². The van der Waals surface area contributed by atoms with Crippen LogP contribution in [0.3, 0.4) is 0 Å². The van der Waals surface area contributed by atoms with Crippen molar-refractivity contribution in [1.29, 1.82) is 0 Å². The summed E-state index contributed by atoms with van der Waals surface area (Å²) in [5.74, 6) is 1.04. The van der Waals surface area contributed by atoms with Crippen molar-refractivity contribution >= 4 is 0 Å². The molecule has 0 unspecified atom stereocenters.